The molecule has 0 aliphatic rings. The zero-order chi connectivity index (χ0) is 52.0. The predicted molar refractivity (Wildman–Crippen MR) is 309 cm³/mol. The lowest BCUT2D eigenvalue weighted by Gasteiger charge is -2.26. The number of phosphoric ester groups is 1. The molecule has 0 aromatic heterocycles. The van der Waals surface area contributed by atoms with Gasteiger partial charge in [0.25, 0.3) is 0 Å². The summed E-state index contributed by atoms with van der Waals surface area (Å²) >= 11 is 0. The number of quaternary nitrogens is 1. The lowest BCUT2D eigenvalue weighted by molar-refractivity contribution is -0.870. The lowest BCUT2D eigenvalue weighted by atomic mass is 10.0. The first-order valence-corrected chi connectivity index (χ1v) is 33.0. The Morgan fingerprint density at radius 1 is 0.465 bits per heavy atom. The van der Waals surface area contributed by atoms with Crippen LogP contribution < -0.4 is 5.32 Å². The van der Waals surface area contributed by atoms with Gasteiger partial charge in [0.15, 0.2) is 0 Å². The Balaban J connectivity index is 4.01. The molecule has 3 atom stereocenters. The number of carbonyl (C=O) groups excluding carboxylic acids is 1. The summed E-state index contributed by atoms with van der Waals surface area (Å²) in [6, 6.07) is -0.757. The van der Waals surface area contributed by atoms with Crippen LogP contribution in [0.3, 0.4) is 0 Å². The van der Waals surface area contributed by atoms with Crippen LogP contribution in [-0.4, -0.2) is 73.4 Å². The van der Waals surface area contributed by atoms with Crippen molar-refractivity contribution in [1.29, 1.82) is 0 Å². The van der Waals surface area contributed by atoms with Gasteiger partial charge in [-0.05, 0) is 38.5 Å². The van der Waals surface area contributed by atoms with E-state index in [1.54, 1.807) is 0 Å². The minimum absolute atomic E-state index is 0.0782. The van der Waals surface area contributed by atoms with E-state index < -0.39 is 20.0 Å². The third-order valence-corrected chi connectivity index (χ3v) is 15.7. The van der Waals surface area contributed by atoms with Crippen LogP contribution in [-0.2, 0) is 18.4 Å². The highest BCUT2D eigenvalue weighted by Crippen LogP contribution is 2.43. The summed E-state index contributed by atoms with van der Waals surface area (Å²) in [4.78, 5) is 23.4. The van der Waals surface area contributed by atoms with E-state index in [-0.39, 0.29) is 19.1 Å². The average Bonchev–Trinajstić information content (AvgIpc) is 3.33. The van der Waals surface area contributed by atoms with Crippen molar-refractivity contribution in [3.8, 4) is 0 Å². The van der Waals surface area contributed by atoms with E-state index in [0.717, 1.165) is 38.5 Å². The van der Waals surface area contributed by atoms with Gasteiger partial charge in [-0.15, -0.1) is 0 Å². The van der Waals surface area contributed by atoms with Gasteiger partial charge in [0.05, 0.1) is 39.9 Å². The van der Waals surface area contributed by atoms with Crippen molar-refractivity contribution in [3.05, 3.63) is 12.2 Å². The van der Waals surface area contributed by atoms with E-state index in [9.17, 15) is 19.4 Å². The minimum atomic E-state index is -4.32. The minimum Gasteiger partial charge on any atom is -0.391 e. The number of aliphatic hydroxyl groups is 1. The lowest BCUT2D eigenvalue weighted by Crippen LogP contribution is -2.46. The van der Waals surface area contributed by atoms with Gasteiger partial charge in [0.2, 0.25) is 5.91 Å². The van der Waals surface area contributed by atoms with E-state index in [1.165, 1.54) is 263 Å². The second-order valence-corrected chi connectivity index (χ2v) is 24.6. The summed E-state index contributed by atoms with van der Waals surface area (Å²) < 4.78 is 23.8. The van der Waals surface area contributed by atoms with Crippen LogP contribution in [0.25, 0.3) is 0 Å². The van der Waals surface area contributed by atoms with Crippen LogP contribution in [0.4, 0.5) is 0 Å². The molecule has 0 heterocycles. The summed E-state index contributed by atoms with van der Waals surface area (Å²) in [6.45, 7) is 4.94. The topological polar surface area (TPSA) is 105 Å². The number of unbranched alkanes of at least 4 members (excludes halogenated alkanes) is 44. The van der Waals surface area contributed by atoms with Crippen molar-refractivity contribution < 1.29 is 32.9 Å². The average molecular weight is 1030 g/mol. The molecule has 0 saturated heterocycles. The number of aliphatic hydroxyl groups excluding tert-OH is 1. The number of likely N-dealkylation sites (N-methyl/N-ethyl adjacent to an activating group) is 1. The molecule has 0 bridgehead atoms. The maximum atomic E-state index is 13.0. The number of allylic oxidation sites excluding steroid dienone is 2. The van der Waals surface area contributed by atoms with Gasteiger partial charge in [-0.1, -0.05) is 296 Å². The molecule has 1 amide bonds. The Morgan fingerprint density at radius 2 is 0.761 bits per heavy atom. The summed E-state index contributed by atoms with van der Waals surface area (Å²) in [5, 5.41) is 14.1. The highest BCUT2D eigenvalue weighted by Gasteiger charge is 2.28. The second-order valence-electron chi connectivity index (χ2n) is 23.1. The van der Waals surface area contributed by atoms with E-state index in [0.29, 0.717) is 23.9 Å². The van der Waals surface area contributed by atoms with E-state index >= 15 is 0 Å². The van der Waals surface area contributed by atoms with Crippen LogP contribution in [0.2, 0.25) is 0 Å². The predicted octanol–water partition coefficient (Wildman–Crippen LogP) is 19.4. The summed E-state index contributed by atoms with van der Waals surface area (Å²) in [5.41, 5.74) is 0. The van der Waals surface area contributed by atoms with Crippen molar-refractivity contribution in [2.24, 2.45) is 0 Å². The third kappa shape index (κ3) is 56.8. The van der Waals surface area contributed by atoms with Crippen LogP contribution >= 0.6 is 7.82 Å². The van der Waals surface area contributed by atoms with Crippen molar-refractivity contribution in [2.45, 2.75) is 341 Å². The number of hydrogen-bond donors (Lipinski definition) is 3. The number of rotatable bonds is 59. The van der Waals surface area contributed by atoms with Gasteiger partial charge in [0.1, 0.15) is 13.2 Å². The van der Waals surface area contributed by atoms with Gasteiger partial charge >= 0.3 is 7.82 Å². The summed E-state index contributed by atoms with van der Waals surface area (Å²) in [6.07, 6.45) is 67.2. The zero-order valence-electron chi connectivity index (χ0n) is 48.5. The van der Waals surface area contributed by atoms with Crippen molar-refractivity contribution >= 4 is 13.7 Å². The van der Waals surface area contributed by atoms with Crippen molar-refractivity contribution in [3.63, 3.8) is 0 Å². The van der Waals surface area contributed by atoms with Gasteiger partial charge < -0.3 is 19.8 Å². The summed E-state index contributed by atoms with van der Waals surface area (Å²) in [5.74, 6) is -0.136. The summed E-state index contributed by atoms with van der Waals surface area (Å²) in [7, 11) is 1.63. The molecule has 0 aliphatic heterocycles. The molecular weight excluding hydrogens is 900 g/mol. The first-order valence-electron chi connectivity index (χ1n) is 31.6. The van der Waals surface area contributed by atoms with E-state index in [4.69, 9.17) is 9.05 Å². The van der Waals surface area contributed by atoms with Crippen LogP contribution in [0.15, 0.2) is 12.2 Å². The molecule has 0 radical (unpaired) electrons. The van der Waals surface area contributed by atoms with Gasteiger partial charge in [-0.3, -0.25) is 13.8 Å². The molecule has 3 unspecified atom stereocenters. The number of nitrogens with one attached hydrogen (secondary N) is 1. The molecule has 3 N–H and O–H groups in total. The SMILES string of the molecule is CCCCCCCCCC/C=C\CCCCCCCCCCCCCCCCCCCCCC(=O)NC(COP(=O)(O)OCC[N+](C)(C)C)C(O)CCCCCCCCCCCCCCCCCCCC. The normalized spacial score (nSPS) is 13.8. The van der Waals surface area contributed by atoms with Gasteiger partial charge in [-0.2, -0.15) is 0 Å². The quantitative estimate of drug-likeness (QED) is 0.0243. The standard InChI is InChI=1S/C62H125N2O6P/c1-6-8-10-12-14-16-18-20-22-24-26-27-28-29-30-31-32-33-34-35-36-37-38-40-42-44-46-48-50-52-54-56-62(66)63-60(59-70-71(67,68)69-58-57-64(3,4)5)61(65)55-53-51-49-47-45-43-41-39-25-23-21-19-17-15-13-11-9-7-2/h24,26,60-61,65H,6-23,25,27-59H2,1-5H3,(H-,63,66,67,68)/p+1/b26-24-. The highest BCUT2D eigenvalue weighted by molar-refractivity contribution is 7.47. The fourth-order valence-electron chi connectivity index (χ4n) is 9.81. The Morgan fingerprint density at radius 3 is 1.08 bits per heavy atom. The smallest absolute Gasteiger partial charge is 0.391 e. The number of hydrogen-bond acceptors (Lipinski definition) is 5. The van der Waals surface area contributed by atoms with Crippen LogP contribution in [0, 0.1) is 0 Å². The maximum Gasteiger partial charge on any atom is 0.472 e. The molecule has 8 nitrogen and oxygen atoms in total. The molecule has 0 fully saturated rings. The maximum absolute atomic E-state index is 13.0. The first kappa shape index (κ1) is 70.2. The number of phosphoric acid groups is 1. The van der Waals surface area contributed by atoms with Crippen molar-refractivity contribution in [2.75, 3.05) is 40.9 Å². The monoisotopic (exact) mass is 1030 g/mol. The molecule has 0 saturated carbocycles. The Bertz CT molecular complexity index is 1160. The Labute approximate surface area is 443 Å². The molecule has 0 aromatic rings. The van der Waals surface area contributed by atoms with Gasteiger partial charge in [-0.25, -0.2) is 4.57 Å². The van der Waals surface area contributed by atoms with E-state index in [1.807, 2.05) is 21.1 Å². The molecule has 424 valence electrons. The van der Waals surface area contributed by atoms with E-state index in [2.05, 4.69) is 31.3 Å². The zero-order valence-corrected chi connectivity index (χ0v) is 49.4. The van der Waals surface area contributed by atoms with Crippen molar-refractivity contribution in [1.82, 2.24) is 5.32 Å². The van der Waals surface area contributed by atoms with Crippen LogP contribution in [0.5, 0.6) is 0 Å². The number of carbonyl (C=O) groups is 1. The third-order valence-electron chi connectivity index (χ3n) is 14.8. The Hall–Kier alpha value is -0.760. The van der Waals surface area contributed by atoms with Crippen LogP contribution in [0.1, 0.15) is 328 Å². The highest BCUT2D eigenvalue weighted by atomic mass is 31.2. The molecule has 0 spiro atoms. The molecule has 0 aromatic carbocycles. The fraction of sp³-hybridized carbons (Fsp3) is 0.952. The first-order chi connectivity index (χ1) is 34.5. The fourth-order valence-corrected chi connectivity index (χ4v) is 10.5. The molecule has 9 heteroatoms. The molecule has 71 heavy (non-hydrogen) atoms. The van der Waals surface area contributed by atoms with Gasteiger partial charge in [0, 0.05) is 6.42 Å². The largest absolute Gasteiger partial charge is 0.472 e. The molecule has 0 aliphatic carbocycles. The Kier molecular flexibility index (Phi) is 53.5. The number of amides is 1. The molecular formula is C62H126N2O6P+. The molecule has 0 rings (SSSR count). The number of nitrogens with zero attached hydrogens (tertiary/aromatic N) is 1. The second kappa shape index (κ2) is 54.0.